The molecule has 1 unspecified atom stereocenters. The van der Waals surface area contributed by atoms with Gasteiger partial charge in [-0.05, 0) is 18.1 Å². The van der Waals surface area contributed by atoms with E-state index in [0.717, 1.165) is 13.0 Å². The second kappa shape index (κ2) is 6.05. The third-order valence-corrected chi connectivity index (χ3v) is 2.39. The van der Waals surface area contributed by atoms with Crippen molar-refractivity contribution < 1.29 is 9.53 Å². The second-order valence-electron chi connectivity index (χ2n) is 3.69. The highest BCUT2D eigenvalue weighted by Gasteiger charge is 2.07. The summed E-state index contributed by atoms with van der Waals surface area (Å²) >= 11 is 0. The Morgan fingerprint density at radius 3 is 2.75 bits per heavy atom. The maximum atomic E-state index is 11.1. The van der Waals surface area contributed by atoms with Crippen molar-refractivity contribution in [2.75, 3.05) is 19.0 Å². The average Bonchev–Trinajstić information content (AvgIpc) is 2.35. The number of hydrogen-bond acceptors (Lipinski definition) is 5. The molecule has 88 valence electrons. The summed E-state index contributed by atoms with van der Waals surface area (Å²) in [6.07, 6.45) is 1.11. The van der Waals surface area contributed by atoms with Gasteiger partial charge in [0.25, 0.3) is 0 Å². The molecule has 0 amide bonds. The number of nitrogens with one attached hydrogen (secondary N) is 1. The van der Waals surface area contributed by atoms with E-state index >= 15 is 0 Å². The molecule has 1 rings (SSSR count). The Balaban J connectivity index is 2.54. The van der Waals surface area contributed by atoms with Crippen LogP contribution in [0.4, 0.5) is 5.82 Å². The summed E-state index contributed by atoms with van der Waals surface area (Å²) < 4.78 is 4.53. The number of rotatable bonds is 5. The summed E-state index contributed by atoms with van der Waals surface area (Å²) in [7, 11) is 1.32. The zero-order valence-electron chi connectivity index (χ0n) is 9.86. The number of methoxy groups -OCH3 is 1. The maximum Gasteiger partial charge on any atom is 0.358 e. The van der Waals surface area contributed by atoms with Crippen LogP contribution in [0, 0.1) is 5.92 Å². The number of carbonyl (C=O) groups is 1. The standard InChI is InChI=1S/C11H17N3O2/c1-4-8(2)7-12-10-6-5-9(13-14-10)11(15)16-3/h5-6,8H,4,7H2,1-3H3,(H,12,14). The van der Waals surface area contributed by atoms with Gasteiger partial charge in [-0.25, -0.2) is 4.79 Å². The van der Waals surface area contributed by atoms with Crippen LogP contribution in [0.1, 0.15) is 30.8 Å². The predicted octanol–water partition coefficient (Wildman–Crippen LogP) is 1.72. The summed E-state index contributed by atoms with van der Waals surface area (Å²) in [6, 6.07) is 3.32. The molecule has 5 nitrogen and oxygen atoms in total. The van der Waals surface area contributed by atoms with Gasteiger partial charge in [-0.15, -0.1) is 10.2 Å². The van der Waals surface area contributed by atoms with E-state index in [-0.39, 0.29) is 5.69 Å². The molecule has 0 aromatic carbocycles. The Bertz CT molecular complexity index is 338. The fraction of sp³-hybridized carbons (Fsp3) is 0.545. The molecule has 0 aliphatic carbocycles. The molecule has 0 aliphatic heterocycles. The van der Waals surface area contributed by atoms with E-state index in [2.05, 4.69) is 34.1 Å². The lowest BCUT2D eigenvalue weighted by atomic mass is 10.1. The van der Waals surface area contributed by atoms with Gasteiger partial charge in [0, 0.05) is 6.54 Å². The lowest BCUT2D eigenvalue weighted by Crippen LogP contribution is -2.13. The van der Waals surface area contributed by atoms with Crippen molar-refractivity contribution in [1.29, 1.82) is 0 Å². The van der Waals surface area contributed by atoms with E-state index in [1.165, 1.54) is 7.11 Å². The van der Waals surface area contributed by atoms with E-state index in [1.54, 1.807) is 12.1 Å². The molecular formula is C11H17N3O2. The van der Waals surface area contributed by atoms with Gasteiger partial charge in [-0.3, -0.25) is 0 Å². The van der Waals surface area contributed by atoms with Gasteiger partial charge in [0.1, 0.15) is 5.82 Å². The first-order valence-electron chi connectivity index (χ1n) is 5.33. The first kappa shape index (κ1) is 12.4. The predicted molar refractivity (Wildman–Crippen MR) is 61.3 cm³/mol. The minimum absolute atomic E-state index is 0.219. The topological polar surface area (TPSA) is 64.1 Å². The number of aromatic nitrogens is 2. The molecule has 0 spiro atoms. The quantitative estimate of drug-likeness (QED) is 0.770. The number of hydrogen-bond donors (Lipinski definition) is 1. The van der Waals surface area contributed by atoms with E-state index in [0.29, 0.717) is 11.7 Å². The molecule has 1 atom stereocenters. The van der Waals surface area contributed by atoms with Crippen LogP contribution in [-0.4, -0.2) is 29.8 Å². The molecule has 0 fully saturated rings. The summed E-state index contributed by atoms with van der Waals surface area (Å²) in [4.78, 5) is 11.1. The third kappa shape index (κ3) is 3.49. The van der Waals surface area contributed by atoms with Gasteiger partial charge in [-0.2, -0.15) is 0 Å². The van der Waals surface area contributed by atoms with Gasteiger partial charge >= 0.3 is 5.97 Å². The molecule has 1 aromatic heterocycles. The van der Waals surface area contributed by atoms with Crippen LogP contribution < -0.4 is 5.32 Å². The van der Waals surface area contributed by atoms with Crippen LogP contribution in [0.25, 0.3) is 0 Å². The zero-order valence-corrected chi connectivity index (χ0v) is 9.86. The van der Waals surface area contributed by atoms with Crippen molar-refractivity contribution in [3.8, 4) is 0 Å². The number of nitrogens with zero attached hydrogens (tertiary/aromatic N) is 2. The van der Waals surface area contributed by atoms with Gasteiger partial charge in [0.05, 0.1) is 7.11 Å². The van der Waals surface area contributed by atoms with Crippen molar-refractivity contribution in [3.05, 3.63) is 17.8 Å². The maximum absolute atomic E-state index is 11.1. The fourth-order valence-electron chi connectivity index (χ4n) is 1.06. The molecular weight excluding hydrogens is 206 g/mol. The van der Waals surface area contributed by atoms with Crippen molar-refractivity contribution >= 4 is 11.8 Å². The van der Waals surface area contributed by atoms with E-state index < -0.39 is 5.97 Å². The average molecular weight is 223 g/mol. The van der Waals surface area contributed by atoms with Gasteiger partial charge in [0.15, 0.2) is 5.69 Å². The van der Waals surface area contributed by atoms with Crippen LogP contribution >= 0.6 is 0 Å². The summed E-state index contributed by atoms with van der Waals surface area (Å²) in [5, 5.41) is 10.8. The lowest BCUT2D eigenvalue weighted by Gasteiger charge is -2.09. The molecule has 1 heterocycles. The molecule has 1 N–H and O–H groups in total. The van der Waals surface area contributed by atoms with Crippen LogP contribution in [0.15, 0.2) is 12.1 Å². The summed E-state index contributed by atoms with van der Waals surface area (Å²) in [6.45, 7) is 5.14. The molecule has 0 aliphatic rings. The first-order valence-corrected chi connectivity index (χ1v) is 5.33. The number of ether oxygens (including phenoxy) is 1. The van der Waals surface area contributed by atoms with Crippen LogP contribution in [0.5, 0.6) is 0 Å². The highest BCUT2D eigenvalue weighted by Crippen LogP contribution is 2.06. The number of carbonyl (C=O) groups excluding carboxylic acids is 1. The molecule has 0 saturated carbocycles. The van der Waals surface area contributed by atoms with Crippen molar-refractivity contribution in [3.63, 3.8) is 0 Å². The van der Waals surface area contributed by atoms with Crippen LogP contribution in [0.3, 0.4) is 0 Å². The van der Waals surface area contributed by atoms with E-state index in [1.807, 2.05) is 0 Å². The highest BCUT2D eigenvalue weighted by molar-refractivity contribution is 5.86. The Hall–Kier alpha value is -1.65. The highest BCUT2D eigenvalue weighted by atomic mass is 16.5. The Kier molecular flexibility index (Phi) is 4.69. The van der Waals surface area contributed by atoms with Gasteiger partial charge in [0.2, 0.25) is 0 Å². The van der Waals surface area contributed by atoms with E-state index in [4.69, 9.17) is 0 Å². The molecule has 5 heteroatoms. The molecule has 0 bridgehead atoms. The van der Waals surface area contributed by atoms with Crippen molar-refractivity contribution in [2.45, 2.75) is 20.3 Å². The monoisotopic (exact) mass is 223 g/mol. The minimum Gasteiger partial charge on any atom is -0.464 e. The van der Waals surface area contributed by atoms with Gasteiger partial charge < -0.3 is 10.1 Å². The first-order chi connectivity index (χ1) is 7.67. The molecule has 0 saturated heterocycles. The normalized spacial score (nSPS) is 11.9. The zero-order chi connectivity index (χ0) is 12.0. The number of esters is 1. The van der Waals surface area contributed by atoms with Crippen LogP contribution in [-0.2, 0) is 4.74 Å². The fourth-order valence-corrected chi connectivity index (χ4v) is 1.06. The SMILES string of the molecule is CCC(C)CNc1ccc(C(=O)OC)nn1. The minimum atomic E-state index is -0.471. The summed E-state index contributed by atoms with van der Waals surface area (Å²) in [5.41, 5.74) is 0.219. The Morgan fingerprint density at radius 2 is 2.25 bits per heavy atom. The third-order valence-electron chi connectivity index (χ3n) is 2.39. The summed E-state index contributed by atoms with van der Waals surface area (Å²) in [5.74, 6) is 0.788. The molecule has 1 aromatic rings. The number of anilines is 1. The lowest BCUT2D eigenvalue weighted by molar-refractivity contribution is 0.0593. The van der Waals surface area contributed by atoms with Crippen molar-refractivity contribution in [2.24, 2.45) is 5.92 Å². The largest absolute Gasteiger partial charge is 0.464 e. The van der Waals surface area contributed by atoms with Crippen molar-refractivity contribution in [1.82, 2.24) is 10.2 Å². The second-order valence-corrected chi connectivity index (χ2v) is 3.69. The molecule has 16 heavy (non-hydrogen) atoms. The van der Waals surface area contributed by atoms with Crippen LogP contribution in [0.2, 0.25) is 0 Å². The Labute approximate surface area is 95.2 Å². The smallest absolute Gasteiger partial charge is 0.358 e. The Morgan fingerprint density at radius 1 is 1.50 bits per heavy atom. The van der Waals surface area contributed by atoms with Gasteiger partial charge in [-0.1, -0.05) is 20.3 Å². The molecule has 0 radical (unpaired) electrons. The van der Waals surface area contributed by atoms with E-state index in [9.17, 15) is 4.79 Å².